The third-order valence-corrected chi connectivity index (χ3v) is 3.50. The van der Waals surface area contributed by atoms with Crippen LogP contribution in [0.1, 0.15) is 16.7 Å². The Bertz CT molecular complexity index is 886. The molecule has 1 amide bonds. The Hall–Kier alpha value is -3.57. The van der Waals surface area contributed by atoms with Crippen molar-refractivity contribution in [3.8, 4) is 17.9 Å². The smallest absolute Gasteiger partial charge is 0.264 e. The highest BCUT2D eigenvalue weighted by Crippen LogP contribution is 2.23. The van der Waals surface area contributed by atoms with Crippen LogP contribution in [0.15, 0.2) is 54.1 Å². The molecule has 124 valence electrons. The number of carbonyl (C=O) groups is 1. The standard InChI is InChI=1S/C20H17N3O2/c1-23(2)20(24)18(13-22)11-15-7-5-6-10-19(15)25-14-17-9-4-3-8-16(17)12-21/h3-11H,14H2,1-2H3/b18-11-. The van der Waals surface area contributed by atoms with Crippen LogP contribution in [0.3, 0.4) is 0 Å². The Labute approximate surface area is 147 Å². The number of amides is 1. The third-order valence-electron chi connectivity index (χ3n) is 3.50. The van der Waals surface area contributed by atoms with Gasteiger partial charge in [0.15, 0.2) is 0 Å². The van der Waals surface area contributed by atoms with Gasteiger partial charge in [0, 0.05) is 25.2 Å². The fourth-order valence-electron chi connectivity index (χ4n) is 2.18. The molecule has 5 heteroatoms. The quantitative estimate of drug-likeness (QED) is 0.623. The van der Waals surface area contributed by atoms with Crippen LogP contribution >= 0.6 is 0 Å². The highest BCUT2D eigenvalue weighted by Gasteiger charge is 2.12. The number of para-hydroxylation sites is 1. The summed E-state index contributed by atoms with van der Waals surface area (Å²) in [4.78, 5) is 13.4. The summed E-state index contributed by atoms with van der Waals surface area (Å²) in [6.07, 6.45) is 1.51. The van der Waals surface area contributed by atoms with E-state index in [-0.39, 0.29) is 18.1 Å². The molecule has 0 aliphatic heterocycles. The predicted molar refractivity (Wildman–Crippen MR) is 94.2 cm³/mol. The van der Waals surface area contributed by atoms with E-state index in [1.54, 1.807) is 44.4 Å². The molecule has 0 aliphatic rings. The minimum atomic E-state index is -0.368. The molecule has 0 radical (unpaired) electrons. The van der Waals surface area contributed by atoms with Gasteiger partial charge in [0.25, 0.3) is 5.91 Å². The molecule has 0 unspecified atom stereocenters. The van der Waals surface area contributed by atoms with Crippen LogP contribution in [0.2, 0.25) is 0 Å². The van der Waals surface area contributed by atoms with E-state index in [1.165, 1.54) is 11.0 Å². The maximum absolute atomic E-state index is 12.0. The highest BCUT2D eigenvalue weighted by molar-refractivity contribution is 6.01. The van der Waals surface area contributed by atoms with Crippen molar-refractivity contribution in [2.24, 2.45) is 0 Å². The summed E-state index contributed by atoms with van der Waals surface area (Å²) >= 11 is 0. The average Bonchev–Trinajstić information content (AvgIpc) is 2.64. The van der Waals surface area contributed by atoms with E-state index in [0.717, 1.165) is 5.56 Å². The number of rotatable bonds is 5. The van der Waals surface area contributed by atoms with Crippen LogP contribution in [-0.4, -0.2) is 24.9 Å². The molecule has 0 N–H and O–H groups in total. The van der Waals surface area contributed by atoms with E-state index in [9.17, 15) is 10.1 Å². The van der Waals surface area contributed by atoms with Gasteiger partial charge in [0.05, 0.1) is 11.6 Å². The van der Waals surface area contributed by atoms with Gasteiger partial charge in [-0.2, -0.15) is 10.5 Å². The Balaban J connectivity index is 2.28. The third kappa shape index (κ3) is 4.46. The van der Waals surface area contributed by atoms with Crippen LogP contribution in [0.5, 0.6) is 5.75 Å². The molecular formula is C20H17N3O2. The molecule has 0 heterocycles. The SMILES string of the molecule is CN(C)C(=O)/C(C#N)=C\c1ccccc1OCc1ccccc1C#N. The zero-order chi connectivity index (χ0) is 18.2. The van der Waals surface area contributed by atoms with E-state index in [1.807, 2.05) is 24.3 Å². The number of likely N-dealkylation sites (N-methyl/N-ethyl adjacent to an activating group) is 1. The van der Waals surface area contributed by atoms with Gasteiger partial charge in [-0.1, -0.05) is 36.4 Å². The molecule has 0 atom stereocenters. The van der Waals surface area contributed by atoms with Crippen molar-refractivity contribution < 1.29 is 9.53 Å². The molecule has 0 saturated carbocycles. The molecule has 0 fully saturated rings. The summed E-state index contributed by atoms with van der Waals surface area (Å²) in [5.41, 5.74) is 1.98. The number of hydrogen-bond donors (Lipinski definition) is 0. The van der Waals surface area contributed by atoms with Crippen molar-refractivity contribution in [3.05, 3.63) is 70.8 Å². The molecule has 25 heavy (non-hydrogen) atoms. The van der Waals surface area contributed by atoms with Crippen molar-refractivity contribution in [2.75, 3.05) is 14.1 Å². The number of nitriles is 2. The second-order valence-electron chi connectivity index (χ2n) is 5.46. The first-order valence-corrected chi connectivity index (χ1v) is 7.60. The van der Waals surface area contributed by atoms with Crippen LogP contribution < -0.4 is 4.74 Å². The minimum absolute atomic E-state index is 0.0264. The summed E-state index contributed by atoms with van der Waals surface area (Å²) in [6, 6.07) is 18.4. The number of benzene rings is 2. The van der Waals surface area contributed by atoms with Gasteiger partial charge in [0.1, 0.15) is 24.0 Å². The largest absolute Gasteiger partial charge is 0.488 e. The van der Waals surface area contributed by atoms with E-state index >= 15 is 0 Å². The van der Waals surface area contributed by atoms with Crippen molar-refractivity contribution in [1.82, 2.24) is 4.90 Å². The van der Waals surface area contributed by atoms with Crippen LogP contribution in [0.4, 0.5) is 0 Å². The summed E-state index contributed by atoms with van der Waals surface area (Å²) < 4.78 is 5.82. The molecule has 5 nitrogen and oxygen atoms in total. The number of nitrogens with zero attached hydrogens (tertiary/aromatic N) is 3. The molecule has 0 bridgehead atoms. The summed E-state index contributed by atoms with van der Waals surface area (Å²) in [5.74, 6) is 0.168. The summed E-state index contributed by atoms with van der Waals surface area (Å²) in [7, 11) is 3.18. The van der Waals surface area contributed by atoms with Crippen molar-refractivity contribution >= 4 is 12.0 Å². The Morgan fingerprint density at radius 1 is 1.12 bits per heavy atom. The van der Waals surface area contributed by atoms with E-state index in [0.29, 0.717) is 16.9 Å². The molecule has 0 aromatic heterocycles. The van der Waals surface area contributed by atoms with Crippen LogP contribution in [0, 0.1) is 22.7 Å². The monoisotopic (exact) mass is 331 g/mol. The maximum Gasteiger partial charge on any atom is 0.264 e. The molecule has 2 aromatic rings. The van der Waals surface area contributed by atoms with Crippen molar-refractivity contribution in [2.45, 2.75) is 6.61 Å². The first kappa shape index (κ1) is 17.8. The maximum atomic E-state index is 12.0. The van der Waals surface area contributed by atoms with Gasteiger partial charge in [-0.15, -0.1) is 0 Å². The lowest BCUT2D eigenvalue weighted by Gasteiger charge is -2.12. The van der Waals surface area contributed by atoms with Crippen molar-refractivity contribution in [3.63, 3.8) is 0 Å². The highest BCUT2D eigenvalue weighted by atomic mass is 16.5. The Morgan fingerprint density at radius 2 is 1.80 bits per heavy atom. The van der Waals surface area contributed by atoms with Gasteiger partial charge in [-0.3, -0.25) is 4.79 Å². The van der Waals surface area contributed by atoms with Gasteiger partial charge in [0.2, 0.25) is 0 Å². The Morgan fingerprint density at radius 3 is 2.48 bits per heavy atom. The van der Waals surface area contributed by atoms with Crippen molar-refractivity contribution in [1.29, 1.82) is 10.5 Å². The molecule has 2 rings (SSSR count). The van der Waals surface area contributed by atoms with E-state index < -0.39 is 0 Å². The number of carbonyl (C=O) groups excluding carboxylic acids is 1. The summed E-state index contributed by atoms with van der Waals surface area (Å²) in [5, 5.41) is 18.4. The first-order valence-electron chi connectivity index (χ1n) is 7.60. The minimum Gasteiger partial charge on any atom is -0.488 e. The van der Waals surface area contributed by atoms with Crippen LogP contribution in [-0.2, 0) is 11.4 Å². The van der Waals surface area contributed by atoms with Gasteiger partial charge in [-0.25, -0.2) is 0 Å². The lowest BCUT2D eigenvalue weighted by atomic mass is 10.1. The summed E-state index contributed by atoms with van der Waals surface area (Å²) in [6.45, 7) is 0.220. The topological polar surface area (TPSA) is 77.1 Å². The van der Waals surface area contributed by atoms with E-state index in [2.05, 4.69) is 6.07 Å². The zero-order valence-electron chi connectivity index (χ0n) is 14.1. The number of ether oxygens (including phenoxy) is 1. The Kier molecular flexibility index (Phi) is 5.92. The molecule has 0 spiro atoms. The fraction of sp³-hybridized carbons (Fsp3) is 0.150. The van der Waals surface area contributed by atoms with Crippen LogP contribution in [0.25, 0.3) is 6.08 Å². The number of hydrogen-bond acceptors (Lipinski definition) is 4. The predicted octanol–water partition coefficient (Wildman–Crippen LogP) is 3.13. The first-order chi connectivity index (χ1) is 12.1. The molecule has 0 aliphatic carbocycles. The second-order valence-corrected chi connectivity index (χ2v) is 5.46. The molecular weight excluding hydrogens is 314 g/mol. The van der Waals surface area contributed by atoms with E-state index in [4.69, 9.17) is 10.00 Å². The zero-order valence-corrected chi connectivity index (χ0v) is 14.1. The van der Waals surface area contributed by atoms with Gasteiger partial charge >= 0.3 is 0 Å². The second kappa shape index (κ2) is 8.33. The normalized spacial score (nSPS) is 10.5. The molecule has 2 aromatic carbocycles. The lowest BCUT2D eigenvalue weighted by Crippen LogP contribution is -2.22. The lowest BCUT2D eigenvalue weighted by molar-refractivity contribution is -0.124. The molecule has 0 saturated heterocycles. The van der Waals surface area contributed by atoms with Gasteiger partial charge in [-0.05, 0) is 18.2 Å². The average molecular weight is 331 g/mol. The van der Waals surface area contributed by atoms with Gasteiger partial charge < -0.3 is 9.64 Å². The fourth-order valence-corrected chi connectivity index (χ4v) is 2.18.